The SMILES string of the molecule is C[C@@H]1Cc2cc(S(N)(=O)=O)ccc2N1C(=O)CN1CCC(N(C)CC(F)F)CC1. The summed E-state index contributed by atoms with van der Waals surface area (Å²) in [5.41, 5.74) is 1.52. The number of carbonyl (C=O) groups is 1. The van der Waals surface area contributed by atoms with E-state index in [9.17, 15) is 22.0 Å². The minimum Gasteiger partial charge on any atom is -0.308 e. The first-order chi connectivity index (χ1) is 13.6. The monoisotopic (exact) mass is 430 g/mol. The first kappa shape index (κ1) is 22.1. The highest BCUT2D eigenvalue weighted by atomic mass is 32.2. The average molecular weight is 431 g/mol. The molecule has 0 spiro atoms. The van der Waals surface area contributed by atoms with Crippen molar-refractivity contribution in [3.05, 3.63) is 23.8 Å². The van der Waals surface area contributed by atoms with Gasteiger partial charge in [0.2, 0.25) is 15.9 Å². The number of piperidine rings is 1. The fourth-order valence-electron chi connectivity index (χ4n) is 4.32. The molecule has 2 aliphatic rings. The molecule has 0 bridgehead atoms. The van der Waals surface area contributed by atoms with Gasteiger partial charge in [0.15, 0.2) is 0 Å². The van der Waals surface area contributed by atoms with Crippen molar-refractivity contribution in [2.75, 3.05) is 38.1 Å². The van der Waals surface area contributed by atoms with Crippen molar-refractivity contribution in [1.29, 1.82) is 0 Å². The number of anilines is 1. The van der Waals surface area contributed by atoms with Gasteiger partial charge in [-0.15, -0.1) is 0 Å². The van der Waals surface area contributed by atoms with Crippen molar-refractivity contribution in [3.8, 4) is 0 Å². The number of likely N-dealkylation sites (tertiary alicyclic amines) is 1. The molecule has 0 radical (unpaired) electrons. The second-order valence-electron chi connectivity index (χ2n) is 7.99. The van der Waals surface area contributed by atoms with Gasteiger partial charge in [0.05, 0.1) is 18.0 Å². The van der Waals surface area contributed by atoms with E-state index in [4.69, 9.17) is 5.14 Å². The summed E-state index contributed by atoms with van der Waals surface area (Å²) >= 11 is 0. The highest BCUT2D eigenvalue weighted by Crippen LogP contribution is 2.34. The Kier molecular flexibility index (Phi) is 6.57. The third-order valence-corrected chi connectivity index (χ3v) is 6.74. The lowest BCUT2D eigenvalue weighted by molar-refractivity contribution is -0.120. The molecule has 2 aliphatic heterocycles. The van der Waals surface area contributed by atoms with Gasteiger partial charge in [0, 0.05) is 30.9 Å². The number of hydrogen-bond acceptors (Lipinski definition) is 5. The molecule has 1 fully saturated rings. The van der Waals surface area contributed by atoms with E-state index in [1.54, 1.807) is 29.0 Å². The van der Waals surface area contributed by atoms with Gasteiger partial charge in [0.1, 0.15) is 0 Å². The highest BCUT2D eigenvalue weighted by molar-refractivity contribution is 7.89. The topological polar surface area (TPSA) is 86.9 Å². The summed E-state index contributed by atoms with van der Waals surface area (Å²) in [5, 5.41) is 5.20. The van der Waals surface area contributed by atoms with Crippen LogP contribution in [0.2, 0.25) is 0 Å². The van der Waals surface area contributed by atoms with Crippen LogP contribution in [0.4, 0.5) is 14.5 Å². The number of sulfonamides is 1. The summed E-state index contributed by atoms with van der Waals surface area (Å²) in [6.07, 6.45) is -0.267. The lowest BCUT2D eigenvalue weighted by Gasteiger charge is -2.37. The minimum absolute atomic E-state index is 0.0426. The molecule has 0 saturated carbocycles. The fraction of sp³-hybridized carbons (Fsp3) is 0.632. The van der Waals surface area contributed by atoms with Crippen LogP contribution in [0.25, 0.3) is 0 Å². The largest absolute Gasteiger partial charge is 0.308 e. The summed E-state index contributed by atoms with van der Waals surface area (Å²) in [7, 11) is -2.07. The number of rotatable bonds is 6. The Balaban J connectivity index is 1.61. The van der Waals surface area contributed by atoms with Crippen LogP contribution in [-0.4, -0.2) is 75.9 Å². The predicted molar refractivity (Wildman–Crippen MR) is 107 cm³/mol. The van der Waals surface area contributed by atoms with Crippen LogP contribution in [-0.2, 0) is 21.2 Å². The van der Waals surface area contributed by atoms with E-state index in [0.717, 1.165) is 24.1 Å². The number of hydrogen-bond donors (Lipinski definition) is 1. The number of halogens is 2. The number of alkyl halides is 2. The molecule has 1 amide bonds. The van der Waals surface area contributed by atoms with E-state index in [-0.39, 0.29) is 36.0 Å². The van der Waals surface area contributed by atoms with Gasteiger partial charge in [-0.2, -0.15) is 0 Å². The van der Waals surface area contributed by atoms with Crippen molar-refractivity contribution in [2.24, 2.45) is 5.14 Å². The molecule has 0 aliphatic carbocycles. The number of primary sulfonamides is 1. The molecule has 1 aromatic rings. The molecule has 0 unspecified atom stereocenters. The van der Waals surface area contributed by atoms with E-state index in [0.29, 0.717) is 19.5 Å². The van der Waals surface area contributed by atoms with Gasteiger partial charge in [0.25, 0.3) is 6.43 Å². The van der Waals surface area contributed by atoms with Crippen LogP contribution in [0, 0.1) is 0 Å². The van der Waals surface area contributed by atoms with Crippen LogP contribution in [0.1, 0.15) is 25.3 Å². The molecule has 2 heterocycles. The quantitative estimate of drug-likeness (QED) is 0.735. The lowest BCUT2D eigenvalue weighted by atomic mass is 10.0. The summed E-state index contributed by atoms with van der Waals surface area (Å²) in [6, 6.07) is 4.65. The highest BCUT2D eigenvalue weighted by Gasteiger charge is 2.33. The molecule has 0 aromatic heterocycles. The summed E-state index contributed by atoms with van der Waals surface area (Å²) in [5.74, 6) is -0.0426. The van der Waals surface area contributed by atoms with Crippen molar-refractivity contribution in [1.82, 2.24) is 9.80 Å². The lowest BCUT2D eigenvalue weighted by Crippen LogP contribution is -2.49. The van der Waals surface area contributed by atoms with Gasteiger partial charge in [-0.1, -0.05) is 0 Å². The summed E-state index contributed by atoms with van der Waals surface area (Å²) < 4.78 is 48.3. The first-order valence-corrected chi connectivity index (χ1v) is 11.3. The molecule has 29 heavy (non-hydrogen) atoms. The Hall–Kier alpha value is -1.62. The van der Waals surface area contributed by atoms with Gasteiger partial charge in [-0.3, -0.25) is 14.6 Å². The van der Waals surface area contributed by atoms with E-state index in [2.05, 4.69) is 4.90 Å². The van der Waals surface area contributed by atoms with E-state index in [1.165, 1.54) is 6.07 Å². The van der Waals surface area contributed by atoms with Crippen LogP contribution < -0.4 is 10.0 Å². The van der Waals surface area contributed by atoms with Gasteiger partial charge in [-0.05, 0) is 57.0 Å². The maximum Gasteiger partial charge on any atom is 0.251 e. The molecule has 1 aromatic carbocycles. The average Bonchev–Trinajstić information content (AvgIpc) is 2.95. The first-order valence-electron chi connectivity index (χ1n) is 9.74. The normalized spacial score (nSPS) is 21.2. The Morgan fingerprint density at radius 2 is 1.97 bits per heavy atom. The zero-order chi connectivity index (χ0) is 21.3. The maximum atomic E-state index is 13.0. The third kappa shape index (κ3) is 5.11. The standard InChI is InChI=1S/C19H28F2N4O3S/c1-13-9-14-10-16(29(22,27)28)3-4-17(14)25(13)19(26)12-24-7-5-15(6-8-24)23(2)11-18(20)21/h3-4,10,13,15,18H,5-9,11-12H2,1-2H3,(H2,22,27,28)/t13-/m1/s1. The number of benzene rings is 1. The van der Waals surface area contributed by atoms with Crippen LogP contribution in [0.3, 0.4) is 0 Å². The van der Waals surface area contributed by atoms with Crippen LogP contribution >= 0.6 is 0 Å². The van der Waals surface area contributed by atoms with Gasteiger partial charge >= 0.3 is 0 Å². The molecule has 1 atom stereocenters. The molecule has 7 nitrogen and oxygen atoms in total. The zero-order valence-electron chi connectivity index (χ0n) is 16.7. The van der Waals surface area contributed by atoms with Gasteiger partial charge < -0.3 is 4.90 Å². The molecule has 10 heteroatoms. The fourth-order valence-corrected chi connectivity index (χ4v) is 4.88. The predicted octanol–water partition coefficient (Wildman–Crippen LogP) is 1.27. The zero-order valence-corrected chi connectivity index (χ0v) is 17.5. The Labute approximate surface area is 170 Å². The summed E-state index contributed by atoms with van der Waals surface area (Å²) in [6.45, 7) is 3.32. The molecule has 2 N–H and O–H groups in total. The minimum atomic E-state index is -3.78. The molecular weight excluding hydrogens is 402 g/mol. The second kappa shape index (κ2) is 8.63. The molecule has 3 rings (SSSR count). The van der Waals surface area contributed by atoms with E-state index in [1.807, 2.05) is 6.92 Å². The van der Waals surface area contributed by atoms with Crippen LogP contribution in [0.15, 0.2) is 23.1 Å². The molecular formula is C19H28F2N4O3S. The maximum absolute atomic E-state index is 13.0. The van der Waals surface area contributed by atoms with Crippen molar-refractivity contribution in [3.63, 3.8) is 0 Å². The van der Waals surface area contributed by atoms with Crippen LogP contribution in [0.5, 0.6) is 0 Å². The number of fused-ring (bicyclic) bond motifs is 1. The number of nitrogens with zero attached hydrogens (tertiary/aromatic N) is 3. The number of nitrogens with two attached hydrogens (primary N) is 1. The third-order valence-electron chi connectivity index (χ3n) is 5.83. The summed E-state index contributed by atoms with van der Waals surface area (Å²) in [4.78, 5) is 18.5. The van der Waals surface area contributed by atoms with E-state index < -0.39 is 16.4 Å². The Morgan fingerprint density at radius 3 is 2.55 bits per heavy atom. The van der Waals surface area contributed by atoms with Crippen molar-refractivity contribution < 1.29 is 22.0 Å². The van der Waals surface area contributed by atoms with E-state index >= 15 is 0 Å². The molecule has 1 saturated heterocycles. The Bertz CT molecular complexity index is 857. The van der Waals surface area contributed by atoms with Gasteiger partial charge in [-0.25, -0.2) is 22.3 Å². The van der Waals surface area contributed by atoms with Crippen molar-refractivity contribution in [2.45, 2.75) is 49.6 Å². The second-order valence-corrected chi connectivity index (χ2v) is 9.55. The smallest absolute Gasteiger partial charge is 0.251 e. The molecule has 162 valence electrons. The van der Waals surface area contributed by atoms with Crippen molar-refractivity contribution >= 4 is 21.6 Å². The number of carbonyl (C=O) groups excluding carboxylic acids is 1. The Morgan fingerprint density at radius 1 is 1.31 bits per heavy atom. The number of amides is 1.